The maximum atomic E-state index is 11.6. The van der Waals surface area contributed by atoms with E-state index in [1.54, 1.807) is 6.92 Å². The lowest BCUT2D eigenvalue weighted by Crippen LogP contribution is -2.37. The molecule has 0 aromatic carbocycles. The molecule has 1 N–H and O–H groups in total. The second-order valence-corrected chi connectivity index (χ2v) is 4.06. The number of H-pyrrole nitrogens is 1. The van der Waals surface area contributed by atoms with Crippen molar-refractivity contribution in [3.8, 4) is 0 Å². The molecule has 1 rings (SSSR count). The molecule has 0 aliphatic rings. The summed E-state index contributed by atoms with van der Waals surface area (Å²) in [5.41, 5.74) is -0.376. The molecule has 1 heterocycles. The molecule has 0 aliphatic heterocycles. The van der Waals surface area contributed by atoms with Gasteiger partial charge in [-0.05, 0) is 12.8 Å². The summed E-state index contributed by atoms with van der Waals surface area (Å²) in [6.45, 7) is 5.88. The van der Waals surface area contributed by atoms with Gasteiger partial charge in [-0.15, -0.1) is 0 Å². The van der Waals surface area contributed by atoms with Crippen molar-refractivity contribution in [1.29, 1.82) is 0 Å². The van der Waals surface area contributed by atoms with Crippen molar-refractivity contribution in [3.63, 3.8) is 0 Å². The highest BCUT2D eigenvalue weighted by Gasteiger charge is 2.09. The summed E-state index contributed by atoms with van der Waals surface area (Å²) in [5.74, 6) is 0.245. The fourth-order valence-electron chi connectivity index (χ4n) is 1.17. The molecule has 0 radical (unpaired) electrons. The molecule has 0 unspecified atom stereocenters. The predicted octanol–water partition coefficient (Wildman–Crippen LogP) is 1.15. The van der Waals surface area contributed by atoms with Gasteiger partial charge in [0.2, 0.25) is 0 Å². The zero-order chi connectivity index (χ0) is 10.9. The van der Waals surface area contributed by atoms with E-state index in [-0.39, 0.29) is 16.6 Å². The Morgan fingerprint density at radius 1 is 1.43 bits per heavy atom. The van der Waals surface area contributed by atoms with Crippen LogP contribution in [0.5, 0.6) is 0 Å². The third kappa shape index (κ3) is 2.07. The normalized spacial score (nSPS) is 10.9. The Morgan fingerprint density at radius 2 is 2.00 bits per heavy atom. The SMILES string of the molecule is Cc1c(Cl)[nH]c(=O)n(CC(C)C)c1=O. The quantitative estimate of drug-likeness (QED) is 0.755. The predicted molar refractivity (Wildman–Crippen MR) is 55.9 cm³/mol. The maximum absolute atomic E-state index is 11.6. The smallest absolute Gasteiger partial charge is 0.297 e. The lowest BCUT2D eigenvalue weighted by Gasteiger charge is -2.08. The van der Waals surface area contributed by atoms with Crippen LogP contribution in [0.15, 0.2) is 9.59 Å². The summed E-state index contributed by atoms with van der Waals surface area (Å²) < 4.78 is 1.17. The van der Waals surface area contributed by atoms with Gasteiger partial charge >= 0.3 is 5.69 Å². The molecule has 78 valence electrons. The Morgan fingerprint density at radius 3 is 2.50 bits per heavy atom. The number of aromatic amines is 1. The van der Waals surface area contributed by atoms with Crippen LogP contribution in [0.1, 0.15) is 19.4 Å². The average molecular weight is 217 g/mol. The van der Waals surface area contributed by atoms with Crippen molar-refractivity contribution in [2.75, 3.05) is 0 Å². The van der Waals surface area contributed by atoms with Gasteiger partial charge in [0.1, 0.15) is 5.15 Å². The first kappa shape index (κ1) is 11.0. The Balaban J connectivity index is 3.38. The van der Waals surface area contributed by atoms with E-state index in [0.29, 0.717) is 12.1 Å². The Bertz CT molecular complexity index is 445. The summed E-state index contributed by atoms with van der Waals surface area (Å²) >= 11 is 5.66. The van der Waals surface area contributed by atoms with Gasteiger partial charge in [0, 0.05) is 12.1 Å². The van der Waals surface area contributed by atoms with E-state index in [9.17, 15) is 9.59 Å². The van der Waals surface area contributed by atoms with Gasteiger partial charge in [0.25, 0.3) is 5.56 Å². The van der Waals surface area contributed by atoms with E-state index < -0.39 is 5.69 Å². The molecule has 5 heteroatoms. The molecule has 1 aromatic rings. The van der Waals surface area contributed by atoms with Crippen LogP contribution in [0.3, 0.4) is 0 Å². The fraction of sp³-hybridized carbons (Fsp3) is 0.556. The molecular weight excluding hydrogens is 204 g/mol. The van der Waals surface area contributed by atoms with Crippen LogP contribution < -0.4 is 11.2 Å². The van der Waals surface area contributed by atoms with Crippen molar-refractivity contribution in [2.45, 2.75) is 27.3 Å². The first-order chi connectivity index (χ1) is 6.43. The zero-order valence-corrected chi connectivity index (χ0v) is 9.18. The second kappa shape index (κ2) is 4.00. The third-order valence-electron chi connectivity index (χ3n) is 1.90. The molecule has 0 amide bonds. The minimum atomic E-state index is -0.445. The van der Waals surface area contributed by atoms with Crippen molar-refractivity contribution in [1.82, 2.24) is 9.55 Å². The van der Waals surface area contributed by atoms with Crippen LogP contribution in [0, 0.1) is 12.8 Å². The lowest BCUT2D eigenvalue weighted by atomic mass is 10.2. The van der Waals surface area contributed by atoms with Crippen molar-refractivity contribution >= 4 is 11.6 Å². The van der Waals surface area contributed by atoms with Gasteiger partial charge in [0.15, 0.2) is 0 Å². The molecule has 0 saturated heterocycles. The molecule has 0 saturated carbocycles. The van der Waals surface area contributed by atoms with E-state index in [0.717, 1.165) is 0 Å². The monoisotopic (exact) mass is 216 g/mol. The third-order valence-corrected chi connectivity index (χ3v) is 2.28. The fourth-order valence-corrected chi connectivity index (χ4v) is 1.34. The minimum Gasteiger partial charge on any atom is -0.297 e. The van der Waals surface area contributed by atoms with Gasteiger partial charge in [-0.2, -0.15) is 0 Å². The summed E-state index contributed by atoms with van der Waals surface area (Å²) in [7, 11) is 0. The Kier molecular flexibility index (Phi) is 3.16. The Hall–Kier alpha value is -1.03. The lowest BCUT2D eigenvalue weighted by molar-refractivity contribution is 0.490. The number of nitrogens with one attached hydrogen (secondary N) is 1. The number of hydrogen-bond donors (Lipinski definition) is 1. The molecule has 0 atom stereocenters. The minimum absolute atomic E-state index is 0.125. The van der Waals surface area contributed by atoms with E-state index in [2.05, 4.69) is 4.98 Å². The standard InChI is InChI=1S/C9H13ClN2O2/c1-5(2)4-12-8(13)6(3)7(10)11-9(12)14/h5H,4H2,1-3H3,(H,11,14). The van der Waals surface area contributed by atoms with Crippen LogP contribution in [0.25, 0.3) is 0 Å². The molecule has 0 spiro atoms. The molecular formula is C9H13ClN2O2. The molecule has 4 nitrogen and oxygen atoms in total. The zero-order valence-electron chi connectivity index (χ0n) is 8.43. The van der Waals surface area contributed by atoms with Crippen LogP contribution >= 0.6 is 11.6 Å². The van der Waals surface area contributed by atoms with Crippen LogP contribution in [0.2, 0.25) is 5.15 Å². The molecule has 0 aliphatic carbocycles. The largest absolute Gasteiger partial charge is 0.329 e. The topological polar surface area (TPSA) is 54.9 Å². The van der Waals surface area contributed by atoms with Crippen LogP contribution in [-0.4, -0.2) is 9.55 Å². The van der Waals surface area contributed by atoms with Crippen molar-refractivity contribution in [2.24, 2.45) is 5.92 Å². The maximum Gasteiger partial charge on any atom is 0.329 e. The van der Waals surface area contributed by atoms with E-state index >= 15 is 0 Å². The highest BCUT2D eigenvalue weighted by molar-refractivity contribution is 6.30. The van der Waals surface area contributed by atoms with E-state index in [1.165, 1.54) is 4.57 Å². The van der Waals surface area contributed by atoms with Crippen LogP contribution in [-0.2, 0) is 6.54 Å². The number of rotatable bonds is 2. The van der Waals surface area contributed by atoms with E-state index in [1.807, 2.05) is 13.8 Å². The second-order valence-electron chi connectivity index (χ2n) is 3.68. The van der Waals surface area contributed by atoms with Gasteiger partial charge in [-0.3, -0.25) is 14.3 Å². The highest BCUT2D eigenvalue weighted by Crippen LogP contribution is 2.03. The van der Waals surface area contributed by atoms with Crippen LogP contribution in [0.4, 0.5) is 0 Å². The Labute approximate surface area is 86.5 Å². The summed E-state index contributed by atoms with van der Waals surface area (Å²) in [5, 5.41) is 0.125. The number of aromatic nitrogens is 2. The summed E-state index contributed by atoms with van der Waals surface area (Å²) in [6, 6.07) is 0. The summed E-state index contributed by atoms with van der Waals surface area (Å²) in [6.07, 6.45) is 0. The first-order valence-electron chi connectivity index (χ1n) is 4.42. The number of halogens is 1. The van der Waals surface area contributed by atoms with Gasteiger partial charge in [-0.25, -0.2) is 4.79 Å². The van der Waals surface area contributed by atoms with E-state index in [4.69, 9.17) is 11.6 Å². The van der Waals surface area contributed by atoms with Gasteiger partial charge in [0.05, 0.1) is 0 Å². The van der Waals surface area contributed by atoms with Gasteiger partial charge in [-0.1, -0.05) is 25.4 Å². The molecule has 1 aromatic heterocycles. The van der Waals surface area contributed by atoms with Crippen molar-refractivity contribution < 1.29 is 0 Å². The van der Waals surface area contributed by atoms with Crippen molar-refractivity contribution in [3.05, 3.63) is 31.6 Å². The number of nitrogens with zero attached hydrogens (tertiary/aromatic N) is 1. The highest BCUT2D eigenvalue weighted by atomic mass is 35.5. The average Bonchev–Trinajstić information content (AvgIpc) is 2.09. The molecule has 14 heavy (non-hydrogen) atoms. The molecule has 0 fully saturated rings. The first-order valence-corrected chi connectivity index (χ1v) is 4.80. The van der Waals surface area contributed by atoms with Gasteiger partial charge < -0.3 is 0 Å². The number of hydrogen-bond acceptors (Lipinski definition) is 2. The molecule has 0 bridgehead atoms. The summed E-state index contributed by atoms with van der Waals surface area (Å²) in [4.78, 5) is 25.4.